The number of carbonyl (C=O) groups excluding carboxylic acids is 1. The van der Waals surface area contributed by atoms with Gasteiger partial charge in [-0.15, -0.1) is 0 Å². The molecule has 2 aromatic rings. The molecule has 0 bridgehead atoms. The Kier molecular flexibility index (Phi) is 5.97. The number of rotatable bonds is 6. The number of ether oxygens (including phenoxy) is 2. The minimum atomic E-state index is 0.0438. The van der Waals surface area contributed by atoms with Crippen LogP contribution < -0.4 is 9.47 Å². The standard InChI is InChI=1S/C23H29N3O3/c1-16-6-8-20(25-24-16)18-10-12-26(13-11-18)23(27)19-7-9-21(22(14-19)28-2)29-15-17-4-3-5-17/h6-9,14,17-18H,3-5,10-13,15H2,1-2H3. The zero-order valence-corrected chi connectivity index (χ0v) is 17.3. The number of benzene rings is 1. The lowest BCUT2D eigenvalue weighted by atomic mass is 9.86. The van der Waals surface area contributed by atoms with E-state index in [1.165, 1.54) is 19.3 Å². The molecule has 29 heavy (non-hydrogen) atoms. The average molecular weight is 396 g/mol. The van der Waals surface area contributed by atoms with E-state index in [4.69, 9.17) is 9.47 Å². The molecule has 1 aromatic heterocycles. The van der Waals surface area contributed by atoms with Crippen molar-refractivity contribution in [2.75, 3.05) is 26.8 Å². The van der Waals surface area contributed by atoms with E-state index in [9.17, 15) is 4.79 Å². The molecule has 1 saturated carbocycles. The first-order valence-electron chi connectivity index (χ1n) is 10.5. The number of likely N-dealkylation sites (tertiary alicyclic amines) is 1. The number of nitrogens with zero attached hydrogens (tertiary/aromatic N) is 3. The molecule has 0 atom stereocenters. The number of carbonyl (C=O) groups is 1. The van der Waals surface area contributed by atoms with E-state index in [1.54, 1.807) is 13.2 Å². The van der Waals surface area contributed by atoms with E-state index in [0.717, 1.165) is 43.9 Å². The Labute approximate surface area is 172 Å². The van der Waals surface area contributed by atoms with Crippen LogP contribution in [0, 0.1) is 12.8 Å². The van der Waals surface area contributed by atoms with E-state index in [-0.39, 0.29) is 5.91 Å². The largest absolute Gasteiger partial charge is 0.493 e. The number of hydrogen-bond donors (Lipinski definition) is 0. The first kappa shape index (κ1) is 19.7. The molecule has 0 radical (unpaired) electrons. The first-order chi connectivity index (χ1) is 14.1. The van der Waals surface area contributed by atoms with Gasteiger partial charge in [0.25, 0.3) is 5.91 Å². The van der Waals surface area contributed by atoms with Gasteiger partial charge in [0.1, 0.15) is 0 Å². The fraction of sp³-hybridized carbons (Fsp3) is 0.522. The summed E-state index contributed by atoms with van der Waals surface area (Å²) in [5, 5.41) is 8.48. The van der Waals surface area contributed by atoms with Gasteiger partial charge < -0.3 is 14.4 Å². The van der Waals surface area contributed by atoms with Gasteiger partial charge in [-0.1, -0.05) is 6.42 Å². The van der Waals surface area contributed by atoms with Crippen LogP contribution in [0.25, 0.3) is 0 Å². The van der Waals surface area contributed by atoms with Crippen LogP contribution in [0.3, 0.4) is 0 Å². The number of methoxy groups -OCH3 is 1. The summed E-state index contributed by atoms with van der Waals surface area (Å²) >= 11 is 0. The predicted molar refractivity (Wildman–Crippen MR) is 110 cm³/mol. The van der Waals surface area contributed by atoms with Crippen molar-refractivity contribution in [1.29, 1.82) is 0 Å². The lowest BCUT2D eigenvalue weighted by Gasteiger charge is -2.31. The van der Waals surface area contributed by atoms with Crippen molar-refractivity contribution in [3.05, 3.63) is 47.3 Å². The fourth-order valence-electron chi connectivity index (χ4n) is 3.97. The van der Waals surface area contributed by atoms with Gasteiger partial charge in [0, 0.05) is 24.6 Å². The molecule has 1 aliphatic carbocycles. The second-order valence-electron chi connectivity index (χ2n) is 8.14. The molecule has 4 rings (SSSR count). The summed E-state index contributed by atoms with van der Waals surface area (Å²) in [7, 11) is 1.62. The third-order valence-electron chi connectivity index (χ3n) is 6.13. The summed E-state index contributed by atoms with van der Waals surface area (Å²) in [6.07, 6.45) is 5.59. The lowest BCUT2D eigenvalue weighted by molar-refractivity contribution is 0.0711. The molecule has 2 heterocycles. The SMILES string of the molecule is COc1cc(C(=O)N2CCC(c3ccc(C)nn3)CC2)ccc1OCC1CCC1. The van der Waals surface area contributed by atoms with Gasteiger partial charge in [-0.3, -0.25) is 4.79 Å². The van der Waals surface area contributed by atoms with Crippen molar-refractivity contribution in [2.45, 2.75) is 44.9 Å². The fourth-order valence-corrected chi connectivity index (χ4v) is 3.97. The summed E-state index contributed by atoms with van der Waals surface area (Å²) in [6.45, 7) is 4.11. The minimum absolute atomic E-state index is 0.0438. The van der Waals surface area contributed by atoms with E-state index >= 15 is 0 Å². The van der Waals surface area contributed by atoms with Gasteiger partial charge in [0.2, 0.25) is 0 Å². The van der Waals surface area contributed by atoms with Crippen LogP contribution in [0.2, 0.25) is 0 Å². The minimum Gasteiger partial charge on any atom is -0.493 e. The number of piperidine rings is 1. The van der Waals surface area contributed by atoms with Crippen LogP contribution in [0.4, 0.5) is 0 Å². The Morgan fingerprint density at radius 2 is 1.86 bits per heavy atom. The van der Waals surface area contributed by atoms with E-state index in [2.05, 4.69) is 16.3 Å². The maximum Gasteiger partial charge on any atom is 0.253 e. The number of hydrogen-bond acceptors (Lipinski definition) is 5. The van der Waals surface area contributed by atoms with Crippen LogP contribution in [0.15, 0.2) is 30.3 Å². The van der Waals surface area contributed by atoms with Crippen LogP contribution in [-0.4, -0.2) is 47.8 Å². The van der Waals surface area contributed by atoms with E-state index in [1.807, 2.05) is 30.0 Å². The Bertz CT molecular complexity index is 841. The monoisotopic (exact) mass is 395 g/mol. The molecule has 2 aliphatic rings. The molecular weight excluding hydrogens is 366 g/mol. The van der Waals surface area contributed by atoms with Gasteiger partial charge in [0.15, 0.2) is 11.5 Å². The third kappa shape index (κ3) is 4.52. The quantitative estimate of drug-likeness (QED) is 0.740. The zero-order valence-electron chi connectivity index (χ0n) is 17.3. The van der Waals surface area contributed by atoms with Crippen LogP contribution >= 0.6 is 0 Å². The summed E-state index contributed by atoms with van der Waals surface area (Å²) in [5.41, 5.74) is 2.60. The van der Waals surface area contributed by atoms with E-state index in [0.29, 0.717) is 28.9 Å². The van der Waals surface area contributed by atoms with Gasteiger partial charge in [-0.25, -0.2) is 0 Å². The Balaban J connectivity index is 1.37. The summed E-state index contributed by atoms with van der Waals surface area (Å²) in [6, 6.07) is 9.56. The first-order valence-corrected chi connectivity index (χ1v) is 10.5. The second-order valence-corrected chi connectivity index (χ2v) is 8.14. The highest BCUT2D eigenvalue weighted by Gasteiger charge is 2.26. The van der Waals surface area contributed by atoms with Crippen molar-refractivity contribution in [2.24, 2.45) is 5.92 Å². The van der Waals surface area contributed by atoms with Gasteiger partial charge in [-0.05, 0) is 68.9 Å². The summed E-state index contributed by atoms with van der Waals surface area (Å²) in [5.74, 6) is 2.40. The van der Waals surface area contributed by atoms with Gasteiger partial charge >= 0.3 is 0 Å². The van der Waals surface area contributed by atoms with Crippen molar-refractivity contribution in [3.63, 3.8) is 0 Å². The molecule has 6 nitrogen and oxygen atoms in total. The molecule has 2 fully saturated rings. The Hall–Kier alpha value is -2.63. The maximum absolute atomic E-state index is 13.0. The van der Waals surface area contributed by atoms with Crippen molar-refractivity contribution in [3.8, 4) is 11.5 Å². The molecule has 6 heteroatoms. The molecule has 0 unspecified atom stereocenters. The molecule has 1 amide bonds. The lowest BCUT2D eigenvalue weighted by Crippen LogP contribution is -2.38. The Morgan fingerprint density at radius 3 is 2.48 bits per heavy atom. The third-order valence-corrected chi connectivity index (χ3v) is 6.13. The van der Waals surface area contributed by atoms with Crippen LogP contribution in [-0.2, 0) is 0 Å². The summed E-state index contributed by atoms with van der Waals surface area (Å²) in [4.78, 5) is 14.9. The number of aryl methyl sites for hydroxylation is 1. The van der Waals surface area contributed by atoms with E-state index < -0.39 is 0 Å². The predicted octanol–water partition coefficient (Wildman–Crippen LogP) is 3.99. The van der Waals surface area contributed by atoms with Crippen LogP contribution in [0.5, 0.6) is 11.5 Å². The van der Waals surface area contributed by atoms with Crippen molar-refractivity contribution < 1.29 is 14.3 Å². The average Bonchev–Trinajstić information content (AvgIpc) is 2.73. The second kappa shape index (κ2) is 8.80. The topological polar surface area (TPSA) is 64.5 Å². The molecule has 1 aromatic carbocycles. The molecule has 1 aliphatic heterocycles. The molecule has 0 N–H and O–H groups in total. The maximum atomic E-state index is 13.0. The summed E-state index contributed by atoms with van der Waals surface area (Å²) < 4.78 is 11.4. The van der Waals surface area contributed by atoms with Crippen LogP contribution in [0.1, 0.15) is 59.8 Å². The number of amides is 1. The highest BCUT2D eigenvalue weighted by molar-refractivity contribution is 5.95. The van der Waals surface area contributed by atoms with Crippen molar-refractivity contribution >= 4 is 5.91 Å². The van der Waals surface area contributed by atoms with Crippen molar-refractivity contribution in [1.82, 2.24) is 15.1 Å². The van der Waals surface area contributed by atoms with Gasteiger partial charge in [0.05, 0.1) is 25.1 Å². The molecule has 1 saturated heterocycles. The highest BCUT2D eigenvalue weighted by atomic mass is 16.5. The molecule has 0 spiro atoms. The smallest absolute Gasteiger partial charge is 0.253 e. The number of aromatic nitrogens is 2. The van der Waals surface area contributed by atoms with Gasteiger partial charge in [-0.2, -0.15) is 10.2 Å². The Morgan fingerprint density at radius 1 is 1.07 bits per heavy atom. The zero-order chi connectivity index (χ0) is 20.2. The highest BCUT2D eigenvalue weighted by Crippen LogP contribution is 2.33. The molecular formula is C23H29N3O3. The normalized spacial score (nSPS) is 17.7. The molecule has 154 valence electrons.